The fourth-order valence-corrected chi connectivity index (χ4v) is 7.66. The van der Waals surface area contributed by atoms with Gasteiger partial charge in [-0.25, -0.2) is 17.2 Å². The van der Waals surface area contributed by atoms with Crippen molar-refractivity contribution in [2.75, 3.05) is 0 Å². The number of aryl methyl sites for hydroxylation is 1. The van der Waals surface area contributed by atoms with Crippen LogP contribution >= 0.6 is 0 Å². The number of hydrogen-bond acceptors (Lipinski definition) is 3. The van der Waals surface area contributed by atoms with Crippen molar-refractivity contribution < 1.29 is 43.5 Å². The van der Waals surface area contributed by atoms with Crippen LogP contribution < -0.4 is 5.32 Å². The molecule has 0 aromatic heterocycles. The van der Waals surface area contributed by atoms with E-state index in [4.69, 9.17) is 0 Å². The van der Waals surface area contributed by atoms with Crippen LogP contribution in [0.3, 0.4) is 0 Å². The highest BCUT2D eigenvalue weighted by molar-refractivity contribution is 7.92. The summed E-state index contributed by atoms with van der Waals surface area (Å²) in [6.45, 7) is 1.70. The molecule has 4 rings (SSSR count). The molecule has 2 aromatic rings. The van der Waals surface area contributed by atoms with Gasteiger partial charge >= 0.3 is 18.0 Å². The van der Waals surface area contributed by atoms with Crippen LogP contribution in [-0.2, 0) is 26.7 Å². The maximum atomic E-state index is 14.7. The molecular weight excluding hydrogens is 494 g/mol. The van der Waals surface area contributed by atoms with E-state index in [9.17, 15) is 43.5 Å². The highest BCUT2D eigenvalue weighted by Crippen LogP contribution is 2.56. The SMILES string of the molecule is CC1CC2(S(=O)(=O)c3ccc(F)cc3)c3ccc(C(F)(C(F)(F)F)C(F)(F)F)cc3CCC2N1. The normalized spacial score (nSPS) is 25.7. The van der Waals surface area contributed by atoms with E-state index in [1.165, 1.54) is 0 Å². The van der Waals surface area contributed by atoms with Crippen molar-refractivity contribution in [2.45, 2.75) is 65.9 Å². The average molecular weight is 513 g/mol. The third-order valence-corrected chi connectivity index (χ3v) is 9.23. The van der Waals surface area contributed by atoms with Crippen LogP contribution in [-0.4, -0.2) is 32.9 Å². The van der Waals surface area contributed by atoms with Gasteiger partial charge in [0.25, 0.3) is 0 Å². The van der Waals surface area contributed by atoms with E-state index >= 15 is 0 Å². The summed E-state index contributed by atoms with van der Waals surface area (Å²) in [5, 5.41) is 3.13. The van der Waals surface area contributed by atoms with Gasteiger partial charge in [0, 0.05) is 17.6 Å². The van der Waals surface area contributed by atoms with Crippen LogP contribution in [0.2, 0.25) is 0 Å². The first-order valence-corrected chi connectivity index (χ1v) is 11.8. The Labute approximate surface area is 190 Å². The summed E-state index contributed by atoms with van der Waals surface area (Å²) in [6, 6.07) is 4.63. The van der Waals surface area contributed by atoms with Gasteiger partial charge in [-0.05, 0) is 61.6 Å². The first-order valence-electron chi connectivity index (χ1n) is 10.3. The second-order valence-corrected chi connectivity index (χ2v) is 10.9. The van der Waals surface area contributed by atoms with E-state index < -0.39 is 50.0 Å². The summed E-state index contributed by atoms with van der Waals surface area (Å²) in [6.07, 6.45) is -12.6. The lowest BCUT2D eigenvalue weighted by molar-refractivity contribution is -0.348. The number of rotatable bonds is 3. The summed E-state index contributed by atoms with van der Waals surface area (Å²) in [5.41, 5.74) is -7.36. The Morgan fingerprint density at radius 3 is 2.09 bits per heavy atom. The van der Waals surface area contributed by atoms with Crippen molar-refractivity contribution in [3.63, 3.8) is 0 Å². The molecule has 3 atom stereocenters. The van der Waals surface area contributed by atoms with Gasteiger partial charge in [-0.1, -0.05) is 18.2 Å². The van der Waals surface area contributed by atoms with Gasteiger partial charge in [0.1, 0.15) is 10.6 Å². The minimum Gasteiger partial charge on any atom is -0.309 e. The van der Waals surface area contributed by atoms with Gasteiger partial charge in [-0.15, -0.1) is 0 Å². The van der Waals surface area contributed by atoms with Gasteiger partial charge < -0.3 is 5.32 Å². The minimum atomic E-state index is -6.28. The third kappa shape index (κ3) is 3.35. The van der Waals surface area contributed by atoms with Gasteiger partial charge in [0.15, 0.2) is 9.84 Å². The molecule has 0 bridgehead atoms. The molecule has 0 saturated carbocycles. The summed E-state index contributed by atoms with van der Waals surface area (Å²) in [5.74, 6) is -0.682. The average Bonchev–Trinajstić information content (AvgIpc) is 3.09. The highest BCUT2D eigenvalue weighted by atomic mass is 32.2. The molecule has 1 N–H and O–H groups in total. The molecule has 1 fully saturated rings. The predicted octanol–water partition coefficient (Wildman–Crippen LogP) is 5.48. The number of nitrogens with one attached hydrogen (secondary N) is 1. The topological polar surface area (TPSA) is 46.2 Å². The fourth-order valence-electron chi connectivity index (χ4n) is 5.23. The number of halogens is 8. The maximum Gasteiger partial charge on any atom is 0.435 e. The Kier molecular flexibility index (Phi) is 5.60. The number of hydrogen-bond donors (Lipinski definition) is 1. The van der Waals surface area contributed by atoms with Crippen LogP contribution in [0.25, 0.3) is 0 Å². The first-order chi connectivity index (χ1) is 15.6. The van der Waals surface area contributed by atoms with Crippen LogP contribution in [0.4, 0.5) is 35.1 Å². The van der Waals surface area contributed by atoms with E-state index in [1.54, 1.807) is 6.92 Å². The largest absolute Gasteiger partial charge is 0.435 e. The lowest BCUT2D eigenvalue weighted by Gasteiger charge is -2.41. The molecule has 2 aliphatic rings. The standard InChI is InChI=1S/C22H19F8NO2S/c1-12-11-19(34(32,33)16-6-4-15(23)5-7-16)17-8-3-14(10-13(17)2-9-18(19)31-12)20(24,21(25,26)27)22(28,29)30/h3-8,10,12,18,31H,2,9,11H2,1H3. The van der Waals surface area contributed by atoms with Crippen LogP contribution in [0.5, 0.6) is 0 Å². The molecule has 3 unspecified atom stereocenters. The van der Waals surface area contributed by atoms with E-state index in [0.29, 0.717) is 12.1 Å². The van der Waals surface area contributed by atoms with E-state index in [1.807, 2.05) is 0 Å². The molecule has 12 heteroatoms. The molecule has 3 nitrogen and oxygen atoms in total. The molecule has 1 heterocycles. The Morgan fingerprint density at radius 2 is 1.53 bits per heavy atom. The zero-order valence-electron chi connectivity index (χ0n) is 17.6. The molecule has 186 valence electrons. The Hall–Kier alpha value is -2.21. The van der Waals surface area contributed by atoms with Crippen molar-refractivity contribution in [1.29, 1.82) is 0 Å². The number of sulfone groups is 1. The van der Waals surface area contributed by atoms with E-state index in [-0.39, 0.29) is 41.3 Å². The highest BCUT2D eigenvalue weighted by Gasteiger charge is 2.73. The second-order valence-electron chi connectivity index (χ2n) is 8.74. The number of benzene rings is 2. The number of alkyl halides is 7. The summed E-state index contributed by atoms with van der Waals surface area (Å²) in [4.78, 5) is -0.239. The van der Waals surface area contributed by atoms with Gasteiger partial charge in [-0.2, -0.15) is 26.3 Å². The Morgan fingerprint density at radius 1 is 0.941 bits per heavy atom. The Bertz CT molecular complexity index is 1190. The van der Waals surface area contributed by atoms with Crippen LogP contribution in [0.15, 0.2) is 47.4 Å². The first kappa shape index (κ1) is 24.9. The molecule has 0 spiro atoms. The van der Waals surface area contributed by atoms with Crippen molar-refractivity contribution >= 4 is 9.84 Å². The molecule has 34 heavy (non-hydrogen) atoms. The minimum absolute atomic E-state index is 0.0142. The van der Waals surface area contributed by atoms with E-state index in [2.05, 4.69) is 5.32 Å². The molecule has 2 aromatic carbocycles. The quantitative estimate of drug-likeness (QED) is 0.437. The zero-order valence-corrected chi connectivity index (χ0v) is 18.4. The molecule has 0 amide bonds. The molecule has 1 aliphatic carbocycles. The van der Waals surface area contributed by atoms with Gasteiger partial charge in [0.05, 0.1) is 4.90 Å². The van der Waals surface area contributed by atoms with Crippen LogP contribution in [0.1, 0.15) is 36.5 Å². The van der Waals surface area contributed by atoms with E-state index in [0.717, 1.165) is 30.3 Å². The molecule has 1 aliphatic heterocycles. The summed E-state index contributed by atoms with van der Waals surface area (Å²) < 4.78 is 134. The smallest absolute Gasteiger partial charge is 0.309 e. The zero-order chi connectivity index (χ0) is 25.3. The third-order valence-electron chi connectivity index (χ3n) is 6.70. The van der Waals surface area contributed by atoms with Crippen molar-refractivity contribution in [3.05, 3.63) is 65.0 Å². The molecule has 0 radical (unpaired) electrons. The lowest BCUT2D eigenvalue weighted by Crippen LogP contribution is -2.51. The van der Waals surface area contributed by atoms with Crippen molar-refractivity contribution in [3.8, 4) is 0 Å². The van der Waals surface area contributed by atoms with Crippen molar-refractivity contribution in [1.82, 2.24) is 5.32 Å². The second kappa shape index (κ2) is 7.64. The monoisotopic (exact) mass is 513 g/mol. The molecular formula is C22H19F8NO2S. The van der Waals surface area contributed by atoms with Crippen LogP contribution in [0, 0.1) is 5.82 Å². The summed E-state index contributed by atoms with van der Waals surface area (Å²) in [7, 11) is -4.30. The lowest BCUT2D eigenvalue weighted by atomic mass is 9.76. The predicted molar refractivity (Wildman–Crippen MR) is 106 cm³/mol. The van der Waals surface area contributed by atoms with Gasteiger partial charge in [0.2, 0.25) is 0 Å². The summed E-state index contributed by atoms with van der Waals surface area (Å²) >= 11 is 0. The van der Waals surface area contributed by atoms with Crippen molar-refractivity contribution in [2.24, 2.45) is 0 Å². The molecule has 1 saturated heterocycles. The maximum absolute atomic E-state index is 14.7. The number of fused-ring (bicyclic) bond motifs is 3. The van der Waals surface area contributed by atoms with Gasteiger partial charge in [-0.3, -0.25) is 0 Å². The fraction of sp³-hybridized carbons (Fsp3) is 0.455. The Balaban J connectivity index is 1.94.